The molecule has 1 aromatic carbocycles. The number of anilines is 1. The van der Waals surface area contributed by atoms with Gasteiger partial charge in [-0.25, -0.2) is 18.6 Å². The van der Waals surface area contributed by atoms with E-state index < -0.39 is 25.7 Å². The second-order valence-corrected chi connectivity index (χ2v) is 14.4. The molecule has 1 saturated heterocycles. The number of carboxylic acids is 1. The highest BCUT2D eigenvalue weighted by Crippen LogP contribution is 2.29. The van der Waals surface area contributed by atoms with Crippen molar-refractivity contribution in [3.63, 3.8) is 0 Å². The number of nitrogens with one attached hydrogen (secondary N) is 1. The Balaban J connectivity index is 1.99. The number of aromatic nitrogens is 2. The van der Waals surface area contributed by atoms with Gasteiger partial charge in [0.1, 0.15) is 12.2 Å². The van der Waals surface area contributed by atoms with Gasteiger partial charge in [-0.2, -0.15) is 0 Å². The molecule has 0 amide bonds. The molecule has 2 aromatic rings. The molecule has 2 N–H and O–H groups in total. The molecular formula is C19H28F2N4O3Si. The molecule has 0 aliphatic carbocycles. The molecule has 1 atom stereocenters. The number of likely N-dealkylation sites (N-methyl/N-ethyl adjacent to an activating group) is 1. The van der Waals surface area contributed by atoms with E-state index in [9.17, 15) is 18.7 Å². The summed E-state index contributed by atoms with van der Waals surface area (Å²) in [6, 6.07) is 1.72. The van der Waals surface area contributed by atoms with Crippen molar-refractivity contribution in [3.05, 3.63) is 23.3 Å². The Labute approximate surface area is 169 Å². The van der Waals surface area contributed by atoms with Gasteiger partial charge in [-0.05, 0) is 32.1 Å². The maximum absolute atomic E-state index is 14.4. The second kappa shape index (κ2) is 8.37. The first-order valence-electron chi connectivity index (χ1n) is 9.71. The number of imidazole rings is 1. The molecule has 0 spiro atoms. The standard InChI is InChI=1S/C19H28F2N4O3Si/c1-24-6-5-12(10-24)22-19-23-16-15(21)14(20)9-13(18(26)27)17(16)25(19)11-28-7-8-29(2,3)4/h9,12H,5-8,10-11H2,1-4H3,(H,22,23)(H,26,27)/t12-/m0/s1. The molecule has 1 aliphatic rings. The van der Waals surface area contributed by atoms with Crippen LogP contribution in [0.2, 0.25) is 25.7 Å². The Hall–Kier alpha value is -2.04. The Morgan fingerprint density at radius 2 is 2.14 bits per heavy atom. The van der Waals surface area contributed by atoms with Crippen molar-refractivity contribution in [1.29, 1.82) is 0 Å². The lowest BCUT2D eigenvalue weighted by Crippen LogP contribution is -2.26. The minimum Gasteiger partial charge on any atom is -0.478 e. The summed E-state index contributed by atoms with van der Waals surface area (Å²) in [6.07, 6.45) is 0.874. The van der Waals surface area contributed by atoms with E-state index in [-0.39, 0.29) is 29.4 Å². The van der Waals surface area contributed by atoms with E-state index in [4.69, 9.17) is 4.74 Å². The van der Waals surface area contributed by atoms with Gasteiger partial charge < -0.3 is 20.1 Å². The predicted molar refractivity (Wildman–Crippen MR) is 110 cm³/mol. The number of carboxylic acid groups (broad SMARTS) is 1. The molecule has 0 saturated carbocycles. The predicted octanol–water partition coefficient (Wildman–Crippen LogP) is 3.44. The number of hydrogen-bond donors (Lipinski definition) is 2. The Morgan fingerprint density at radius 3 is 2.72 bits per heavy atom. The van der Waals surface area contributed by atoms with Crippen molar-refractivity contribution in [3.8, 4) is 0 Å². The first-order chi connectivity index (χ1) is 13.6. The fraction of sp³-hybridized carbons (Fsp3) is 0.579. The number of hydrogen-bond acceptors (Lipinski definition) is 5. The van der Waals surface area contributed by atoms with Gasteiger partial charge in [-0.3, -0.25) is 4.57 Å². The number of ether oxygens (including phenoxy) is 1. The number of likely N-dealkylation sites (tertiary alicyclic amines) is 1. The number of rotatable bonds is 8. The van der Waals surface area contributed by atoms with Crippen molar-refractivity contribution in [2.45, 2.75) is 44.9 Å². The molecule has 1 aliphatic heterocycles. The van der Waals surface area contributed by atoms with Crippen LogP contribution in [-0.4, -0.2) is 66.4 Å². The van der Waals surface area contributed by atoms with Gasteiger partial charge in [0, 0.05) is 27.3 Å². The van der Waals surface area contributed by atoms with Crippen LogP contribution < -0.4 is 5.32 Å². The molecule has 160 valence electrons. The molecule has 1 fully saturated rings. The summed E-state index contributed by atoms with van der Waals surface area (Å²) in [5.74, 6) is -3.44. The zero-order valence-corrected chi connectivity index (χ0v) is 18.3. The van der Waals surface area contributed by atoms with Crippen molar-refractivity contribution in [1.82, 2.24) is 14.5 Å². The van der Waals surface area contributed by atoms with Crippen LogP contribution in [0.15, 0.2) is 6.07 Å². The van der Waals surface area contributed by atoms with E-state index >= 15 is 0 Å². The quantitative estimate of drug-likeness (QED) is 0.497. The SMILES string of the molecule is CN1CC[C@H](Nc2nc3c(F)c(F)cc(C(=O)O)c3n2COCC[Si](C)(C)C)C1. The Morgan fingerprint density at radius 1 is 1.41 bits per heavy atom. The van der Waals surface area contributed by atoms with E-state index in [1.165, 1.54) is 4.57 Å². The average Bonchev–Trinajstić information content (AvgIpc) is 3.18. The zero-order chi connectivity index (χ0) is 21.3. The van der Waals surface area contributed by atoms with Crippen LogP contribution in [0, 0.1) is 11.6 Å². The van der Waals surface area contributed by atoms with Crippen LogP contribution in [0.25, 0.3) is 11.0 Å². The van der Waals surface area contributed by atoms with Gasteiger partial charge in [0.05, 0.1) is 11.1 Å². The lowest BCUT2D eigenvalue weighted by molar-refractivity contribution is 0.0696. The van der Waals surface area contributed by atoms with E-state index in [1.54, 1.807) is 0 Å². The molecule has 0 unspecified atom stereocenters. The number of benzene rings is 1. The van der Waals surface area contributed by atoms with Crippen molar-refractivity contribution in [2.75, 3.05) is 32.1 Å². The highest BCUT2D eigenvalue weighted by Gasteiger charge is 2.27. The number of carbonyl (C=O) groups is 1. The third kappa shape index (κ3) is 4.93. The van der Waals surface area contributed by atoms with Crippen LogP contribution in [0.4, 0.5) is 14.7 Å². The largest absolute Gasteiger partial charge is 0.478 e. The van der Waals surface area contributed by atoms with Crippen molar-refractivity contribution < 1.29 is 23.4 Å². The van der Waals surface area contributed by atoms with Crippen LogP contribution in [-0.2, 0) is 11.5 Å². The van der Waals surface area contributed by atoms with E-state index in [2.05, 4.69) is 34.8 Å². The van der Waals surface area contributed by atoms with Crippen molar-refractivity contribution >= 4 is 31.0 Å². The minimum absolute atomic E-state index is 0.0111. The fourth-order valence-electron chi connectivity index (χ4n) is 3.42. The average molecular weight is 427 g/mol. The van der Waals surface area contributed by atoms with Gasteiger partial charge in [-0.1, -0.05) is 19.6 Å². The lowest BCUT2D eigenvalue weighted by Gasteiger charge is -2.18. The topological polar surface area (TPSA) is 79.6 Å². The van der Waals surface area contributed by atoms with E-state index in [1.807, 2.05) is 7.05 Å². The Kier molecular flexibility index (Phi) is 6.25. The molecule has 0 radical (unpaired) electrons. The van der Waals surface area contributed by atoms with Crippen LogP contribution in [0.5, 0.6) is 0 Å². The molecule has 1 aromatic heterocycles. The smallest absolute Gasteiger partial charge is 0.338 e. The molecule has 10 heteroatoms. The molecule has 29 heavy (non-hydrogen) atoms. The van der Waals surface area contributed by atoms with Crippen LogP contribution >= 0.6 is 0 Å². The first-order valence-corrected chi connectivity index (χ1v) is 13.4. The van der Waals surface area contributed by atoms with Crippen molar-refractivity contribution in [2.24, 2.45) is 0 Å². The monoisotopic (exact) mass is 426 g/mol. The zero-order valence-electron chi connectivity index (χ0n) is 17.3. The lowest BCUT2D eigenvalue weighted by atomic mass is 10.1. The molecule has 2 heterocycles. The van der Waals surface area contributed by atoms with Gasteiger partial charge in [0.2, 0.25) is 5.95 Å². The summed E-state index contributed by atoms with van der Waals surface area (Å²) in [6.45, 7) is 8.90. The van der Waals surface area contributed by atoms with Gasteiger partial charge in [0.25, 0.3) is 0 Å². The highest BCUT2D eigenvalue weighted by atomic mass is 28.3. The third-order valence-corrected chi connectivity index (χ3v) is 6.79. The van der Waals surface area contributed by atoms with E-state index in [0.717, 1.165) is 25.6 Å². The first kappa shape index (κ1) is 21.7. The van der Waals surface area contributed by atoms with E-state index in [0.29, 0.717) is 18.6 Å². The number of halogens is 2. The normalized spacial score (nSPS) is 17.9. The van der Waals surface area contributed by atoms with Gasteiger partial charge in [-0.15, -0.1) is 0 Å². The maximum atomic E-state index is 14.4. The summed E-state index contributed by atoms with van der Waals surface area (Å²) >= 11 is 0. The molecular weight excluding hydrogens is 398 g/mol. The Bertz CT molecular complexity index is 913. The minimum atomic E-state index is -1.34. The van der Waals surface area contributed by atoms with Crippen LogP contribution in [0.1, 0.15) is 16.8 Å². The summed E-state index contributed by atoms with van der Waals surface area (Å²) in [4.78, 5) is 18.1. The number of nitrogens with zero attached hydrogens (tertiary/aromatic N) is 3. The molecule has 3 rings (SSSR count). The fourth-order valence-corrected chi connectivity index (χ4v) is 4.18. The highest BCUT2D eigenvalue weighted by molar-refractivity contribution is 6.76. The number of fused-ring (bicyclic) bond motifs is 1. The summed E-state index contributed by atoms with van der Waals surface area (Å²) < 4.78 is 35.7. The number of aromatic carboxylic acids is 1. The van der Waals surface area contributed by atoms with Gasteiger partial charge >= 0.3 is 5.97 Å². The molecule has 0 bridgehead atoms. The molecule has 7 nitrogen and oxygen atoms in total. The third-order valence-electron chi connectivity index (χ3n) is 5.08. The summed E-state index contributed by atoms with van der Waals surface area (Å²) in [7, 11) is 0.698. The second-order valence-electron chi connectivity index (χ2n) is 8.83. The summed E-state index contributed by atoms with van der Waals surface area (Å²) in [5, 5.41) is 12.8. The maximum Gasteiger partial charge on any atom is 0.338 e. The van der Waals surface area contributed by atoms with Gasteiger partial charge in [0.15, 0.2) is 11.6 Å². The van der Waals surface area contributed by atoms with Crippen LogP contribution in [0.3, 0.4) is 0 Å². The summed E-state index contributed by atoms with van der Waals surface area (Å²) in [5.41, 5.74) is -0.611.